The highest BCUT2D eigenvalue weighted by molar-refractivity contribution is 6.30. The Labute approximate surface area is 142 Å². The second kappa shape index (κ2) is 7.88. The molecule has 2 atom stereocenters. The van der Waals surface area contributed by atoms with Crippen LogP contribution in [-0.2, 0) is 4.79 Å². The van der Waals surface area contributed by atoms with E-state index < -0.39 is 6.10 Å². The summed E-state index contributed by atoms with van der Waals surface area (Å²) in [5.41, 5.74) is 0.943. The summed E-state index contributed by atoms with van der Waals surface area (Å²) in [5.74, 6) is 0.754. The standard InChI is InChI=1S/C17H25ClN2O3/c1-11(2)15(21)9-17(22)19-13-6-7-20(10-13)14-8-12(18)4-5-16(14)23-3/h4-5,8,11,13,15,21H,6-7,9-10H2,1-3H3,(H,19,22). The zero-order valence-corrected chi connectivity index (χ0v) is 14.6. The SMILES string of the molecule is COc1ccc(Cl)cc1N1CCC(NC(=O)CC(O)C(C)C)C1. The summed E-state index contributed by atoms with van der Waals surface area (Å²) in [5, 5.41) is 13.5. The van der Waals surface area contributed by atoms with Crippen LogP contribution in [-0.4, -0.2) is 43.4 Å². The number of halogens is 1. The van der Waals surface area contributed by atoms with Crippen LogP contribution in [0.25, 0.3) is 0 Å². The number of nitrogens with one attached hydrogen (secondary N) is 1. The molecule has 1 aliphatic heterocycles. The summed E-state index contributed by atoms with van der Waals surface area (Å²) < 4.78 is 5.39. The van der Waals surface area contributed by atoms with Gasteiger partial charge in [0.25, 0.3) is 0 Å². The van der Waals surface area contributed by atoms with Crippen molar-refractivity contribution in [3.05, 3.63) is 23.2 Å². The van der Waals surface area contributed by atoms with Crippen molar-refractivity contribution >= 4 is 23.2 Å². The van der Waals surface area contributed by atoms with Crippen LogP contribution in [0.2, 0.25) is 5.02 Å². The fourth-order valence-electron chi connectivity index (χ4n) is 2.72. The number of methoxy groups -OCH3 is 1. The van der Waals surface area contributed by atoms with Crippen molar-refractivity contribution < 1.29 is 14.6 Å². The molecule has 1 aromatic rings. The highest BCUT2D eigenvalue weighted by Crippen LogP contribution is 2.33. The number of rotatable bonds is 6. The molecule has 2 N–H and O–H groups in total. The van der Waals surface area contributed by atoms with Crippen molar-refractivity contribution in [2.45, 2.75) is 38.8 Å². The Morgan fingerprint density at radius 3 is 2.91 bits per heavy atom. The van der Waals surface area contributed by atoms with Crippen LogP contribution in [0.5, 0.6) is 5.75 Å². The molecule has 0 bridgehead atoms. The fraction of sp³-hybridized carbons (Fsp3) is 0.588. The normalized spacial score (nSPS) is 19.0. The average molecular weight is 341 g/mol. The van der Waals surface area contributed by atoms with Crippen LogP contribution in [0.15, 0.2) is 18.2 Å². The van der Waals surface area contributed by atoms with Gasteiger partial charge in [0.05, 0.1) is 25.3 Å². The second-order valence-electron chi connectivity index (χ2n) is 6.33. The van der Waals surface area contributed by atoms with Gasteiger partial charge in [-0.15, -0.1) is 0 Å². The number of nitrogens with zero attached hydrogens (tertiary/aromatic N) is 1. The molecule has 0 radical (unpaired) electrons. The highest BCUT2D eigenvalue weighted by Gasteiger charge is 2.26. The third-order valence-electron chi connectivity index (χ3n) is 4.20. The molecule has 2 unspecified atom stereocenters. The van der Waals surface area contributed by atoms with Gasteiger partial charge in [0.1, 0.15) is 5.75 Å². The summed E-state index contributed by atoms with van der Waals surface area (Å²) in [6.07, 6.45) is 0.411. The lowest BCUT2D eigenvalue weighted by Crippen LogP contribution is -2.39. The van der Waals surface area contributed by atoms with E-state index in [0.717, 1.165) is 24.4 Å². The lowest BCUT2D eigenvalue weighted by molar-refractivity contribution is -0.124. The van der Waals surface area contributed by atoms with Crippen molar-refractivity contribution in [2.75, 3.05) is 25.1 Å². The van der Waals surface area contributed by atoms with Crippen LogP contribution in [0.4, 0.5) is 5.69 Å². The van der Waals surface area contributed by atoms with Gasteiger partial charge in [-0.1, -0.05) is 25.4 Å². The molecule has 6 heteroatoms. The van der Waals surface area contributed by atoms with E-state index in [2.05, 4.69) is 10.2 Å². The minimum atomic E-state index is -0.597. The van der Waals surface area contributed by atoms with Gasteiger partial charge < -0.3 is 20.1 Å². The third-order valence-corrected chi connectivity index (χ3v) is 4.43. The predicted octanol–water partition coefficient (Wildman–Crippen LogP) is 2.45. The molecule has 1 aromatic carbocycles. The van der Waals surface area contributed by atoms with E-state index in [9.17, 15) is 9.90 Å². The zero-order valence-electron chi connectivity index (χ0n) is 13.9. The van der Waals surface area contributed by atoms with Gasteiger partial charge in [0.2, 0.25) is 5.91 Å². The molecular formula is C17H25ClN2O3. The Morgan fingerprint density at radius 1 is 1.52 bits per heavy atom. The molecule has 1 aliphatic rings. The molecule has 1 amide bonds. The van der Waals surface area contributed by atoms with Crippen molar-refractivity contribution in [1.82, 2.24) is 5.32 Å². The number of benzene rings is 1. The Morgan fingerprint density at radius 2 is 2.26 bits per heavy atom. The van der Waals surface area contributed by atoms with Crippen LogP contribution in [0.1, 0.15) is 26.7 Å². The molecule has 1 saturated heterocycles. The predicted molar refractivity (Wildman–Crippen MR) is 92.2 cm³/mol. The summed E-state index contributed by atoms with van der Waals surface area (Å²) in [6.45, 7) is 5.34. The lowest BCUT2D eigenvalue weighted by Gasteiger charge is -2.22. The first-order chi connectivity index (χ1) is 10.9. The van der Waals surface area contributed by atoms with E-state index in [-0.39, 0.29) is 24.3 Å². The first-order valence-electron chi connectivity index (χ1n) is 7.96. The number of ether oxygens (including phenoxy) is 1. The lowest BCUT2D eigenvalue weighted by atomic mass is 10.0. The molecular weight excluding hydrogens is 316 g/mol. The number of aliphatic hydroxyl groups excluding tert-OH is 1. The Balaban J connectivity index is 1.94. The van der Waals surface area contributed by atoms with E-state index in [4.69, 9.17) is 16.3 Å². The first kappa shape index (κ1) is 17.9. The van der Waals surface area contributed by atoms with E-state index in [1.54, 1.807) is 13.2 Å². The summed E-state index contributed by atoms with van der Waals surface area (Å²) in [6, 6.07) is 5.60. The van der Waals surface area contributed by atoms with Crippen LogP contribution in [0, 0.1) is 5.92 Å². The molecule has 5 nitrogen and oxygen atoms in total. The number of anilines is 1. The van der Waals surface area contributed by atoms with E-state index >= 15 is 0 Å². The monoisotopic (exact) mass is 340 g/mol. The van der Waals surface area contributed by atoms with Crippen molar-refractivity contribution in [1.29, 1.82) is 0 Å². The quantitative estimate of drug-likeness (QED) is 0.835. The van der Waals surface area contributed by atoms with Gasteiger partial charge in [-0.2, -0.15) is 0 Å². The minimum Gasteiger partial charge on any atom is -0.495 e. The summed E-state index contributed by atoms with van der Waals surface area (Å²) in [7, 11) is 1.63. The van der Waals surface area contributed by atoms with Gasteiger partial charge in [-0.05, 0) is 30.5 Å². The molecule has 1 fully saturated rings. The Hall–Kier alpha value is -1.46. The van der Waals surface area contributed by atoms with Crippen molar-refractivity contribution in [3.63, 3.8) is 0 Å². The summed E-state index contributed by atoms with van der Waals surface area (Å²) in [4.78, 5) is 14.2. The highest BCUT2D eigenvalue weighted by atomic mass is 35.5. The maximum absolute atomic E-state index is 12.0. The van der Waals surface area contributed by atoms with Crippen LogP contribution >= 0.6 is 11.6 Å². The number of hydrogen-bond donors (Lipinski definition) is 2. The topological polar surface area (TPSA) is 61.8 Å². The smallest absolute Gasteiger partial charge is 0.222 e. The molecule has 0 aromatic heterocycles. The molecule has 0 saturated carbocycles. The van der Waals surface area contributed by atoms with E-state index in [0.29, 0.717) is 11.6 Å². The molecule has 2 rings (SSSR count). The maximum Gasteiger partial charge on any atom is 0.222 e. The molecule has 0 spiro atoms. The third kappa shape index (κ3) is 4.75. The van der Waals surface area contributed by atoms with E-state index in [1.807, 2.05) is 26.0 Å². The molecule has 23 heavy (non-hydrogen) atoms. The van der Waals surface area contributed by atoms with Crippen molar-refractivity contribution in [3.8, 4) is 5.75 Å². The molecule has 1 heterocycles. The van der Waals surface area contributed by atoms with Gasteiger partial charge in [-0.3, -0.25) is 4.79 Å². The number of carbonyl (C=O) groups is 1. The van der Waals surface area contributed by atoms with Crippen molar-refractivity contribution in [2.24, 2.45) is 5.92 Å². The van der Waals surface area contributed by atoms with Gasteiger partial charge in [-0.25, -0.2) is 0 Å². The van der Waals surface area contributed by atoms with E-state index in [1.165, 1.54) is 0 Å². The Kier molecular flexibility index (Phi) is 6.13. The summed E-state index contributed by atoms with van der Waals surface area (Å²) >= 11 is 6.08. The van der Waals surface area contributed by atoms with Gasteiger partial charge >= 0.3 is 0 Å². The average Bonchev–Trinajstić information content (AvgIpc) is 2.95. The van der Waals surface area contributed by atoms with Gasteiger partial charge in [0.15, 0.2) is 0 Å². The number of aliphatic hydroxyl groups is 1. The number of hydrogen-bond acceptors (Lipinski definition) is 4. The minimum absolute atomic E-state index is 0.0746. The van der Waals surface area contributed by atoms with Gasteiger partial charge in [0, 0.05) is 24.2 Å². The number of carbonyl (C=O) groups excluding carboxylic acids is 1. The zero-order chi connectivity index (χ0) is 17.0. The van der Waals surface area contributed by atoms with Crippen LogP contribution < -0.4 is 15.0 Å². The van der Waals surface area contributed by atoms with Crippen LogP contribution in [0.3, 0.4) is 0 Å². The Bertz CT molecular complexity index is 551. The number of amides is 1. The molecule has 0 aliphatic carbocycles. The second-order valence-corrected chi connectivity index (χ2v) is 6.77. The molecule has 128 valence electrons. The largest absolute Gasteiger partial charge is 0.495 e. The maximum atomic E-state index is 12.0. The fourth-order valence-corrected chi connectivity index (χ4v) is 2.89. The first-order valence-corrected chi connectivity index (χ1v) is 8.34.